The summed E-state index contributed by atoms with van der Waals surface area (Å²) < 4.78 is 0. The minimum absolute atomic E-state index is 0. The van der Waals surface area contributed by atoms with E-state index in [0.717, 1.165) is 57.3 Å². The number of nitrogens with zero attached hydrogens (tertiary/aromatic N) is 3. The van der Waals surface area contributed by atoms with E-state index in [1.165, 1.54) is 0 Å². The van der Waals surface area contributed by atoms with Crippen LogP contribution in [0.5, 0.6) is 0 Å². The van der Waals surface area contributed by atoms with Gasteiger partial charge in [-0.1, -0.05) is 12.5 Å². The van der Waals surface area contributed by atoms with Gasteiger partial charge in [0.1, 0.15) is 0 Å². The van der Waals surface area contributed by atoms with Gasteiger partial charge in [-0.25, -0.2) is 0 Å². The molecule has 3 heterocycles. The topological polar surface area (TPSA) is 65.5 Å². The highest BCUT2D eigenvalue weighted by Gasteiger charge is 2.28. The number of hydrogen-bond donors (Lipinski definition) is 1. The molecular formula is C20H31ClN4O2. The van der Waals surface area contributed by atoms with Crippen LogP contribution in [0.15, 0.2) is 24.4 Å². The Morgan fingerprint density at radius 3 is 2.89 bits per heavy atom. The maximum absolute atomic E-state index is 13.2. The van der Waals surface area contributed by atoms with Crippen molar-refractivity contribution in [3.05, 3.63) is 30.1 Å². The van der Waals surface area contributed by atoms with Gasteiger partial charge in [0, 0.05) is 25.2 Å². The Morgan fingerprint density at radius 2 is 2.07 bits per heavy atom. The van der Waals surface area contributed by atoms with Crippen LogP contribution in [0.1, 0.15) is 50.6 Å². The summed E-state index contributed by atoms with van der Waals surface area (Å²) >= 11 is 0. The number of pyridine rings is 1. The van der Waals surface area contributed by atoms with Crippen molar-refractivity contribution in [3.8, 4) is 0 Å². The average molecular weight is 395 g/mol. The van der Waals surface area contributed by atoms with Gasteiger partial charge >= 0.3 is 0 Å². The largest absolute Gasteiger partial charge is 0.333 e. The van der Waals surface area contributed by atoms with Crippen molar-refractivity contribution < 1.29 is 9.59 Å². The molecule has 0 aliphatic carbocycles. The zero-order valence-corrected chi connectivity index (χ0v) is 16.8. The van der Waals surface area contributed by atoms with Gasteiger partial charge in [0.2, 0.25) is 11.8 Å². The molecule has 150 valence electrons. The molecule has 1 aromatic heterocycles. The first-order chi connectivity index (χ1) is 12.7. The van der Waals surface area contributed by atoms with Crippen LogP contribution in [0.25, 0.3) is 0 Å². The number of hydrogen-bond acceptors (Lipinski definition) is 4. The number of carbonyl (C=O) groups excluding carboxylic acids is 2. The number of carbonyl (C=O) groups is 2. The van der Waals surface area contributed by atoms with E-state index in [9.17, 15) is 9.59 Å². The van der Waals surface area contributed by atoms with Gasteiger partial charge in [0.15, 0.2) is 0 Å². The molecule has 2 saturated heterocycles. The van der Waals surface area contributed by atoms with Crippen molar-refractivity contribution in [2.45, 2.75) is 57.5 Å². The predicted molar refractivity (Wildman–Crippen MR) is 108 cm³/mol. The fraction of sp³-hybridized carbons (Fsp3) is 0.650. The summed E-state index contributed by atoms with van der Waals surface area (Å²) in [7, 11) is 0. The van der Waals surface area contributed by atoms with Crippen molar-refractivity contribution in [2.24, 2.45) is 0 Å². The van der Waals surface area contributed by atoms with Crippen LogP contribution in [-0.2, 0) is 16.1 Å². The SMILES string of the molecule is Cl.O=C1CCCCCN1CC(=O)N(Cc1ccccn1)C1CCCNCC1. The molecule has 1 atom stereocenters. The van der Waals surface area contributed by atoms with E-state index in [1.807, 2.05) is 23.1 Å². The standard InChI is InChI=1S/C20H30N4O2.ClH/c25-19-9-2-1-5-14-23(19)16-20(26)24(15-17-7-3-4-12-22-17)18-8-6-11-21-13-10-18;/h3-4,7,12,18,21H,1-2,5-6,8-11,13-16H2;1H. The Morgan fingerprint density at radius 1 is 1.19 bits per heavy atom. The van der Waals surface area contributed by atoms with Crippen molar-refractivity contribution in [1.29, 1.82) is 0 Å². The van der Waals surface area contributed by atoms with E-state index in [1.54, 1.807) is 11.1 Å². The fourth-order valence-corrected chi connectivity index (χ4v) is 3.86. The molecular weight excluding hydrogens is 364 g/mol. The highest BCUT2D eigenvalue weighted by atomic mass is 35.5. The van der Waals surface area contributed by atoms with Gasteiger partial charge in [0.25, 0.3) is 0 Å². The molecule has 1 unspecified atom stereocenters. The van der Waals surface area contributed by atoms with Crippen molar-refractivity contribution in [2.75, 3.05) is 26.2 Å². The Bertz CT molecular complexity index is 591. The van der Waals surface area contributed by atoms with Gasteiger partial charge in [-0.05, 0) is 57.3 Å². The number of amides is 2. The summed E-state index contributed by atoms with van der Waals surface area (Å²) in [4.78, 5) is 33.6. The highest BCUT2D eigenvalue weighted by Crippen LogP contribution is 2.18. The molecule has 2 aliphatic heterocycles. The molecule has 2 aliphatic rings. The van der Waals surface area contributed by atoms with Crippen LogP contribution in [0.2, 0.25) is 0 Å². The molecule has 0 radical (unpaired) electrons. The second-order valence-electron chi connectivity index (χ2n) is 7.30. The lowest BCUT2D eigenvalue weighted by Gasteiger charge is -2.33. The molecule has 3 rings (SSSR count). The molecule has 27 heavy (non-hydrogen) atoms. The Labute approximate surface area is 168 Å². The van der Waals surface area contributed by atoms with E-state index >= 15 is 0 Å². The smallest absolute Gasteiger partial charge is 0.242 e. The first kappa shape index (κ1) is 21.6. The second-order valence-corrected chi connectivity index (χ2v) is 7.30. The number of nitrogens with one attached hydrogen (secondary N) is 1. The first-order valence-corrected chi connectivity index (χ1v) is 9.92. The van der Waals surface area contributed by atoms with Crippen molar-refractivity contribution in [3.63, 3.8) is 0 Å². The number of halogens is 1. The Balaban J connectivity index is 0.00000261. The Hall–Kier alpha value is -1.66. The quantitative estimate of drug-likeness (QED) is 0.832. The molecule has 0 saturated carbocycles. The normalized spacial score (nSPS) is 21.0. The lowest BCUT2D eigenvalue weighted by atomic mass is 10.1. The van der Waals surface area contributed by atoms with Gasteiger partial charge in [-0.15, -0.1) is 12.4 Å². The highest BCUT2D eigenvalue weighted by molar-refractivity contribution is 5.85. The van der Waals surface area contributed by atoms with Crippen molar-refractivity contribution >= 4 is 24.2 Å². The minimum Gasteiger partial charge on any atom is -0.333 e. The van der Waals surface area contributed by atoms with Crippen LogP contribution in [0, 0.1) is 0 Å². The van der Waals surface area contributed by atoms with Crippen molar-refractivity contribution in [1.82, 2.24) is 20.1 Å². The molecule has 1 N–H and O–H groups in total. The zero-order valence-electron chi connectivity index (χ0n) is 15.9. The molecule has 0 spiro atoms. The van der Waals surface area contributed by atoms with Crippen LogP contribution in [0.4, 0.5) is 0 Å². The summed E-state index contributed by atoms with van der Waals surface area (Å²) in [6, 6.07) is 6.02. The zero-order chi connectivity index (χ0) is 18.2. The lowest BCUT2D eigenvalue weighted by Crippen LogP contribution is -2.47. The van der Waals surface area contributed by atoms with E-state index < -0.39 is 0 Å². The molecule has 2 amide bonds. The van der Waals surface area contributed by atoms with E-state index in [2.05, 4.69) is 10.3 Å². The van der Waals surface area contributed by atoms with Crippen LogP contribution in [0.3, 0.4) is 0 Å². The van der Waals surface area contributed by atoms with Gasteiger partial charge in [0.05, 0.1) is 18.8 Å². The maximum Gasteiger partial charge on any atom is 0.242 e. The van der Waals surface area contributed by atoms with Gasteiger partial charge in [-0.2, -0.15) is 0 Å². The van der Waals surface area contributed by atoms with Crippen LogP contribution in [-0.4, -0.2) is 58.8 Å². The summed E-state index contributed by atoms with van der Waals surface area (Å²) in [5, 5.41) is 3.41. The number of rotatable bonds is 5. The summed E-state index contributed by atoms with van der Waals surface area (Å²) in [6.45, 7) is 3.36. The van der Waals surface area contributed by atoms with E-state index in [4.69, 9.17) is 0 Å². The fourth-order valence-electron chi connectivity index (χ4n) is 3.86. The number of likely N-dealkylation sites (tertiary alicyclic amines) is 1. The third-order valence-corrected chi connectivity index (χ3v) is 5.36. The average Bonchev–Trinajstić information content (AvgIpc) is 3.04. The van der Waals surface area contributed by atoms with Crippen LogP contribution < -0.4 is 5.32 Å². The van der Waals surface area contributed by atoms with Gasteiger partial charge in [-0.3, -0.25) is 14.6 Å². The molecule has 0 bridgehead atoms. The minimum atomic E-state index is 0. The third kappa shape index (κ3) is 6.47. The first-order valence-electron chi connectivity index (χ1n) is 9.92. The summed E-state index contributed by atoms with van der Waals surface area (Å²) in [5.74, 6) is 0.175. The van der Waals surface area contributed by atoms with Crippen LogP contribution >= 0.6 is 12.4 Å². The number of aromatic nitrogens is 1. The Kier molecular flexibility index (Phi) is 9.01. The maximum atomic E-state index is 13.2. The predicted octanol–water partition coefficient (Wildman–Crippen LogP) is 2.38. The molecule has 1 aromatic rings. The van der Waals surface area contributed by atoms with E-state index in [-0.39, 0.29) is 36.8 Å². The third-order valence-electron chi connectivity index (χ3n) is 5.36. The summed E-state index contributed by atoms with van der Waals surface area (Å²) in [5.41, 5.74) is 0.903. The molecule has 0 aromatic carbocycles. The monoisotopic (exact) mass is 394 g/mol. The molecule has 7 heteroatoms. The van der Waals surface area contributed by atoms with E-state index in [0.29, 0.717) is 19.5 Å². The molecule has 2 fully saturated rings. The molecule has 6 nitrogen and oxygen atoms in total. The van der Waals surface area contributed by atoms with Gasteiger partial charge < -0.3 is 15.1 Å². The summed E-state index contributed by atoms with van der Waals surface area (Å²) in [6.07, 6.45) is 8.36. The lowest BCUT2D eigenvalue weighted by molar-refractivity contribution is -0.142. The second kappa shape index (κ2) is 11.2.